The van der Waals surface area contributed by atoms with Gasteiger partial charge in [-0.3, -0.25) is 9.59 Å². The van der Waals surface area contributed by atoms with Gasteiger partial charge in [-0.15, -0.1) is 0 Å². The third-order valence-electron chi connectivity index (χ3n) is 5.05. The van der Waals surface area contributed by atoms with Gasteiger partial charge in [-0.25, -0.2) is 0 Å². The highest BCUT2D eigenvalue weighted by Crippen LogP contribution is 2.29. The highest BCUT2D eigenvalue weighted by atomic mass is 35.5. The first-order valence-corrected chi connectivity index (χ1v) is 12.6. The fourth-order valence-corrected chi connectivity index (χ4v) is 4.35. The fraction of sp³-hybridized carbons (Fsp3) is 0.417. The minimum absolute atomic E-state index is 0.0123. The van der Waals surface area contributed by atoms with Gasteiger partial charge in [-0.2, -0.15) is 8.42 Å². The molecule has 0 aliphatic heterocycles. The highest BCUT2D eigenvalue weighted by Gasteiger charge is 2.24. The van der Waals surface area contributed by atoms with Gasteiger partial charge >= 0.3 is 10.1 Å². The molecule has 2 amide bonds. The van der Waals surface area contributed by atoms with Gasteiger partial charge in [0.1, 0.15) is 10.6 Å². The van der Waals surface area contributed by atoms with E-state index in [-0.39, 0.29) is 41.0 Å². The minimum atomic E-state index is -4.15. The third kappa shape index (κ3) is 7.75. The maximum absolute atomic E-state index is 12.9. The lowest BCUT2D eigenvalue weighted by molar-refractivity contribution is -0.134. The number of halogens is 1. The van der Waals surface area contributed by atoms with Gasteiger partial charge in [0.25, 0.3) is 0 Å². The van der Waals surface area contributed by atoms with Crippen LogP contribution in [-0.2, 0) is 26.3 Å². The van der Waals surface area contributed by atoms with Gasteiger partial charge in [0, 0.05) is 42.2 Å². The van der Waals surface area contributed by atoms with Crippen LogP contribution in [0.1, 0.15) is 53.0 Å². The average Bonchev–Trinajstić information content (AvgIpc) is 2.72. The van der Waals surface area contributed by atoms with Gasteiger partial charge in [-0.05, 0) is 61.7 Å². The number of carbonyl (C=O) groups excluding carboxylic acids is 2. The summed E-state index contributed by atoms with van der Waals surface area (Å²) in [5.74, 6) is 0.0307. The number of benzene rings is 2. The molecule has 33 heavy (non-hydrogen) atoms. The van der Waals surface area contributed by atoms with Gasteiger partial charge in [0.2, 0.25) is 11.8 Å². The van der Waals surface area contributed by atoms with E-state index >= 15 is 0 Å². The Morgan fingerprint density at radius 3 is 2.27 bits per heavy atom. The molecule has 0 bridgehead atoms. The molecule has 0 fully saturated rings. The Hall–Kier alpha value is -2.58. The van der Waals surface area contributed by atoms with Crippen molar-refractivity contribution in [1.29, 1.82) is 0 Å². The first kappa shape index (κ1) is 26.7. The van der Waals surface area contributed by atoms with E-state index < -0.39 is 10.1 Å². The lowest BCUT2D eigenvalue weighted by Gasteiger charge is -2.30. The molecule has 180 valence electrons. The molecule has 7 nitrogen and oxygen atoms in total. The van der Waals surface area contributed by atoms with Crippen LogP contribution in [0.15, 0.2) is 47.4 Å². The van der Waals surface area contributed by atoms with Gasteiger partial charge in [0.05, 0.1) is 0 Å². The summed E-state index contributed by atoms with van der Waals surface area (Å²) in [5.41, 5.74) is 0.972. The molecule has 1 unspecified atom stereocenters. The average molecular weight is 495 g/mol. The Bertz CT molecular complexity index is 1080. The third-order valence-corrected chi connectivity index (χ3v) is 6.54. The Morgan fingerprint density at radius 1 is 1.09 bits per heavy atom. The van der Waals surface area contributed by atoms with Crippen molar-refractivity contribution in [2.45, 2.75) is 64.9 Å². The molecule has 2 aromatic carbocycles. The van der Waals surface area contributed by atoms with Crippen LogP contribution >= 0.6 is 11.6 Å². The molecule has 0 saturated carbocycles. The molecule has 9 heteroatoms. The smallest absolute Gasteiger partial charge is 0.339 e. The second kappa shape index (κ2) is 11.5. The first-order valence-electron chi connectivity index (χ1n) is 10.8. The number of nitrogens with zero attached hydrogens (tertiary/aromatic N) is 1. The molecule has 0 aromatic heterocycles. The number of hydrogen-bond acceptors (Lipinski definition) is 5. The van der Waals surface area contributed by atoms with Gasteiger partial charge in [0.15, 0.2) is 0 Å². The molecule has 0 radical (unpaired) electrons. The maximum Gasteiger partial charge on any atom is 0.339 e. The number of nitrogens with one attached hydrogen (secondary N) is 1. The zero-order valence-electron chi connectivity index (χ0n) is 19.6. The molecule has 0 heterocycles. The molecule has 0 aliphatic rings. The van der Waals surface area contributed by atoms with Crippen molar-refractivity contribution in [2.24, 2.45) is 5.92 Å². The lowest BCUT2D eigenvalue weighted by Crippen LogP contribution is -2.38. The second-order valence-corrected chi connectivity index (χ2v) is 10.4. The molecule has 1 N–H and O–H groups in total. The van der Waals surface area contributed by atoms with Crippen molar-refractivity contribution in [3.63, 3.8) is 0 Å². The van der Waals surface area contributed by atoms with Crippen LogP contribution in [0, 0.1) is 5.92 Å². The summed E-state index contributed by atoms with van der Waals surface area (Å²) in [6.45, 7) is 9.44. The highest BCUT2D eigenvalue weighted by molar-refractivity contribution is 7.87. The van der Waals surface area contributed by atoms with Crippen LogP contribution in [0.2, 0.25) is 5.02 Å². The van der Waals surface area contributed by atoms with Crippen molar-refractivity contribution >= 4 is 39.2 Å². The Balaban J connectivity index is 2.34. The summed E-state index contributed by atoms with van der Waals surface area (Å²) >= 11 is 6.18. The zero-order chi connectivity index (χ0) is 24.8. The van der Waals surface area contributed by atoms with Crippen LogP contribution in [0.3, 0.4) is 0 Å². The van der Waals surface area contributed by atoms with Crippen molar-refractivity contribution in [1.82, 2.24) is 4.90 Å². The largest absolute Gasteiger partial charge is 0.379 e. The van der Waals surface area contributed by atoms with Gasteiger partial charge in [-0.1, -0.05) is 32.4 Å². The summed E-state index contributed by atoms with van der Waals surface area (Å²) in [4.78, 5) is 25.7. The molecule has 1 atom stereocenters. The van der Waals surface area contributed by atoms with E-state index in [9.17, 15) is 18.0 Å². The molecular formula is C24H31ClN2O5S. The summed E-state index contributed by atoms with van der Waals surface area (Å²) in [7, 11) is -4.15. The van der Waals surface area contributed by atoms with Crippen LogP contribution in [0.25, 0.3) is 0 Å². The normalized spacial score (nSPS) is 12.3. The molecule has 0 saturated heterocycles. The van der Waals surface area contributed by atoms with Gasteiger partial charge < -0.3 is 14.4 Å². The van der Waals surface area contributed by atoms with Crippen LogP contribution < -0.4 is 9.50 Å². The number of hydrogen-bond donors (Lipinski definition) is 1. The van der Waals surface area contributed by atoms with E-state index in [1.807, 2.05) is 27.7 Å². The fourth-order valence-electron chi connectivity index (χ4n) is 3.19. The molecular weight excluding hydrogens is 464 g/mol. The number of rotatable bonds is 10. The Kier molecular flexibility index (Phi) is 9.31. The van der Waals surface area contributed by atoms with E-state index in [2.05, 4.69) is 5.32 Å². The van der Waals surface area contributed by atoms with Crippen molar-refractivity contribution in [3.05, 3.63) is 53.1 Å². The maximum atomic E-state index is 12.9. The van der Waals surface area contributed by atoms with Crippen molar-refractivity contribution in [3.8, 4) is 5.75 Å². The summed E-state index contributed by atoms with van der Waals surface area (Å²) in [6.07, 6.45) is 1.14. The van der Waals surface area contributed by atoms with E-state index in [1.165, 1.54) is 37.3 Å². The standard InChI is InChI=1S/C24H31ClN2O5S/c1-6-17(4)27(24(29)13-16(2)3)15-19-14-20(25)7-12-23(19)32-33(30,31)22-10-8-21(9-11-22)26-18(5)28/h7-12,14,16-17H,6,13,15H2,1-5H3,(H,26,28). The molecule has 2 aromatic rings. The molecule has 2 rings (SSSR count). The number of carbonyl (C=O) groups is 2. The minimum Gasteiger partial charge on any atom is -0.379 e. The summed E-state index contributed by atoms with van der Waals surface area (Å²) < 4.78 is 31.3. The van der Waals surface area contributed by atoms with Crippen molar-refractivity contribution < 1.29 is 22.2 Å². The van der Waals surface area contributed by atoms with Crippen molar-refractivity contribution in [2.75, 3.05) is 5.32 Å². The van der Waals surface area contributed by atoms with Crippen LogP contribution in [0.5, 0.6) is 5.75 Å². The monoisotopic (exact) mass is 494 g/mol. The quantitative estimate of drug-likeness (QED) is 0.456. The number of anilines is 1. The van der Waals surface area contributed by atoms with E-state index in [0.29, 0.717) is 22.7 Å². The summed E-state index contributed by atoms with van der Waals surface area (Å²) in [6, 6.07) is 10.3. The topological polar surface area (TPSA) is 92.8 Å². The molecule has 0 aliphatic carbocycles. The van der Waals surface area contributed by atoms with Crippen LogP contribution in [-0.4, -0.2) is 31.2 Å². The van der Waals surface area contributed by atoms with E-state index in [4.69, 9.17) is 15.8 Å². The first-order chi connectivity index (χ1) is 15.4. The lowest BCUT2D eigenvalue weighted by atomic mass is 10.1. The second-order valence-electron chi connectivity index (χ2n) is 8.37. The summed E-state index contributed by atoms with van der Waals surface area (Å²) in [5, 5.41) is 3.00. The molecule has 0 spiro atoms. The van der Waals surface area contributed by atoms with E-state index in [0.717, 1.165) is 6.42 Å². The number of amides is 2. The Labute approximate surface area is 201 Å². The predicted molar refractivity (Wildman–Crippen MR) is 130 cm³/mol. The Morgan fingerprint density at radius 2 is 1.73 bits per heavy atom. The van der Waals surface area contributed by atoms with Crippen LogP contribution in [0.4, 0.5) is 5.69 Å². The predicted octanol–water partition coefficient (Wildman–Crippen LogP) is 5.24. The zero-order valence-corrected chi connectivity index (χ0v) is 21.2. The SMILES string of the molecule is CCC(C)N(Cc1cc(Cl)ccc1OS(=O)(=O)c1ccc(NC(C)=O)cc1)C(=O)CC(C)C. The van der Waals surface area contributed by atoms with E-state index in [1.54, 1.807) is 17.0 Å².